The average molecular weight is 553 g/mol. The summed E-state index contributed by atoms with van der Waals surface area (Å²) < 4.78 is 10.6. The molecule has 0 bridgehead atoms. The second-order valence-electron chi connectivity index (χ2n) is 11.8. The standard InChI is InChI=1S/C35H68O4/c1-3-5-7-9-11-13-15-17-19-21-23-25-27-32-38-34(36)30-29-31-35(37)39-33-28-26-24-22-20-18-16-14-12-10-8-6-4-2/h3-33H2,1-2H3. The van der Waals surface area contributed by atoms with Crippen LogP contribution in [0.15, 0.2) is 0 Å². The Morgan fingerprint density at radius 1 is 0.333 bits per heavy atom. The normalized spacial score (nSPS) is 11.1. The monoisotopic (exact) mass is 553 g/mol. The second-order valence-corrected chi connectivity index (χ2v) is 11.8. The molecule has 0 saturated carbocycles. The minimum Gasteiger partial charge on any atom is -0.466 e. The third-order valence-electron chi connectivity index (χ3n) is 7.78. The van der Waals surface area contributed by atoms with Crippen molar-refractivity contribution in [3.05, 3.63) is 0 Å². The average Bonchev–Trinajstić information content (AvgIpc) is 2.93. The number of esters is 2. The van der Waals surface area contributed by atoms with Crippen molar-refractivity contribution in [3.63, 3.8) is 0 Å². The molecular weight excluding hydrogens is 484 g/mol. The first-order chi connectivity index (χ1) is 19.2. The highest BCUT2D eigenvalue weighted by Crippen LogP contribution is 2.14. The lowest BCUT2D eigenvalue weighted by Crippen LogP contribution is -2.09. The van der Waals surface area contributed by atoms with E-state index >= 15 is 0 Å². The quantitative estimate of drug-likeness (QED) is 0.0615. The minimum atomic E-state index is -0.182. The predicted molar refractivity (Wildman–Crippen MR) is 167 cm³/mol. The molecule has 0 spiro atoms. The van der Waals surface area contributed by atoms with Gasteiger partial charge in [-0.1, -0.05) is 168 Å². The maximum Gasteiger partial charge on any atom is 0.305 e. The SMILES string of the molecule is CCCCCCCCCCCCCCCOC(=O)CCCC(=O)OCCCCCCCCCCCCCCC. The van der Waals surface area contributed by atoms with E-state index in [1.807, 2.05) is 0 Å². The molecule has 0 aromatic rings. The van der Waals surface area contributed by atoms with Crippen LogP contribution in [0.4, 0.5) is 0 Å². The molecule has 4 nitrogen and oxygen atoms in total. The van der Waals surface area contributed by atoms with Crippen LogP contribution in [0.1, 0.15) is 200 Å². The van der Waals surface area contributed by atoms with Crippen molar-refractivity contribution in [2.45, 2.75) is 200 Å². The fourth-order valence-electron chi connectivity index (χ4n) is 5.13. The molecule has 0 fully saturated rings. The first kappa shape index (κ1) is 37.9. The van der Waals surface area contributed by atoms with Gasteiger partial charge in [-0.25, -0.2) is 0 Å². The molecule has 4 heteroatoms. The maximum atomic E-state index is 11.9. The summed E-state index contributed by atoms with van der Waals surface area (Å²) in [6.07, 6.45) is 35.3. The Labute approximate surface area is 244 Å². The highest BCUT2D eigenvalue weighted by atomic mass is 16.5. The van der Waals surface area contributed by atoms with E-state index in [2.05, 4.69) is 13.8 Å². The number of hydrogen-bond acceptors (Lipinski definition) is 4. The summed E-state index contributed by atoms with van der Waals surface area (Å²) in [4.78, 5) is 23.7. The van der Waals surface area contributed by atoms with Crippen molar-refractivity contribution in [1.82, 2.24) is 0 Å². The van der Waals surface area contributed by atoms with E-state index in [9.17, 15) is 9.59 Å². The topological polar surface area (TPSA) is 52.6 Å². The zero-order chi connectivity index (χ0) is 28.5. The number of ether oxygens (including phenoxy) is 2. The first-order valence-electron chi connectivity index (χ1n) is 17.5. The van der Waals surface area contributed by atoms with Crippen molar-refractivity contribution in [2.75, 3.05) is 13.2 Å². The molecule has 0 aliphatic carbocycles. The summed E-state index contributed by atoms with van der Waals surface area (Å²) in [7, 11) is 0. The molecule has 0 aromatic heterocycles. The van der Waals surface area contributed by atoms with Gasteiger partial charge in [-0.2, -0.15) is 0 Å². The lowest BCUT2D eigenvalue weighted by Gasteiger charge is -2.06. The summed E-state index contributed by atoms with van der Waals surface area (Å²) in [6.45, 7) is 5.57. The van der Waals surface area contributed by atoms with E-state index in [-0.39, 0.29) is 11.9 Å². The zero-order valence-corrected chi connectivity index (χ0v) is 26.6. The summed E-state index contributed by atoms with van der Waals surface area (Å²) in [5.74, 6) is -0.364. The van der Waals surface area contributed by atoms with Crippen LogP contribution in [0.3, 0.4) is 0 Å². The first-order valence-corrected chi connectivity index (χ1v) is 17.5. The van der Waals surface area contributed by atoms with Gasteiger partial charge < -0.3 is 9.47 Å². The summed E-state index contributed by atoms with van der Waals surface area (Å²) in [6, 6.07) is 0. The minimum absolute atomic E-state index is 0.182. The van der Waals surface area contributed by atoms with Crippen molar-refractivity contribution in [2.24, 2.45) is 0 Å². The maximum absolute atomic E-state index is 11.9. The Hall–Kier alpha value is -1.06. The molecule has 0 N–H and O–H groups in total. The van der Waals surface area contributed by atoms with Crippen LogP contribution in [0.25, 0.3) is 0 Å². The number of hydrogen-bond donors (Lipinski definition) is 0. The summed E-state index contributed by atoms with van der Waals surface area (Å²) in [5, 5.41) is 0. The van der Waals surface area contributed by atoms with E-state index in [1.54, 1.807) is 0 Å². The van der Waals surface area contributed by atoms with E-state index in [0.717, 1.165) is 25.7 Å². The lowest BCUT2D eigenvalue weighted by molar-refractivity contribution is -0.145. The molecule has 0 aliphatic rings. The molecule has 0 rings (SSSR count). The molecule has 0 heterocycles. The Bertz CT molecular complexity index is 461. The van der Waals surface area contributed by atoms with E-state index in [1.165, 1.54) is 141 Å². The molecule has 0 amide bonds. The number of rotatable bonds is 32. The van der Waals surface area contributed by atoms with Crippen LogP contribution in [-0.4, -0.2) is 25.2 Å². The molecule has 0 atom stereocenters. The molecule has 0 aromatic carbocycles. The zero-order valence-electron chi connectivity index (χ0n) is 26.6. The number of carbonyl (C=O) groups excluding carboxylic acids is 2. The smallest absolute Gasteiger partial charge is 0.305 e. The van der Waals surface area contributed by atoms with Crippen LogP contribution >= 0.6 is 0 Å². The van der Waals surface area contributed by atoms with Crippen LogP contribution in [0.2, 0.25) is 0 Å². The highest BCUT2D eigenvalue weighted by molar-refractivity contribution is 5.72. The van der Waals surface area contributed by atoms with Crippen molar-refractivity contribution < 1.29 is 19.1 Å². The summed E-state index contributed by atoms with van der Waals surface area (Å²) in [5.41, 5.74) is 0. The largest absolute Gasteiger partial charge is 0.466 e. The molecule has 0 unspecified atom stereocenters. The van der Waals surface area contributed by atoms with Gasteiger partial charge >= 0.3 is 11.9 Å². The highest BCUT2D eigenvalue weighted by Gasteiger charge is 2.07. The van der Waals surface area contributed by atoms with Gasteiger partial charge in [0.25, 0.3) is 0 Å². The van der Waals surface area contributed by atoms with Gasteiger partial charge in [-0.05, 0) is 19.3 Å². The molecule has 232 valence electrons. The molecule has 0 saturated heterocycles. The predicted octanol–water partition coefficient (Wildman–Crippen LogP) is 11.4. The van der Waals surface area contributed by atoms with Gasteiger partial charge in [-0.15, -0.1) is 0 Å². The number of carbonyl (C=O) groups is 2. The third-order valence-corrected chi connectivity index (χ3v) is 7.78. The molecule has 39 heavy (non-hydrogen) atoms. The fourth-order valence-corrected chi connectivity index (χ4v) is 5.13. The van der Waals surface area contributed by atoms with Gasteiger partial charge in [0.1, 0.15) is 0 Å². The second kappa shape index (κ2) is 33.1. The van der Waals surface area contributed by atoms with Crippen LogP contribution < -0.4 is 0 Å². The van der Waals surface area contributed by atoms with Gasteiger partial charge in [0.15, 0.2) is 0 Å². The Morgan fingerprint density at radius 3 is 0.821 bits per heavy atom. The fraction of sp³-hybridized carbons (Fsp3) is 0.943. The van der Waals surface area contributed by atoms with Crippen molar-refractivity contribution in [1.29, 1.82) is 0 Å². The van der Waals surface area contributed by atoms with Gasteiger partial charge in [-0.3, -0.25) is 9.59 Å². The van der Waals surface area contributed by atoms with E-state index < -0.39 is 0 Å². The number of unbranched alkanes of at least 4 members (excludes halogenated alkanes) is 24. The molecule has 0 radical (unpaired) electrons. The van der Waals surface area contributed by atoms with Crippen LogP contribution in [0.5, 0.6) is 0 Å². The Balaban J connectivity index is 3.27. The van der Waals surface area contributed by atoms with Crippen molar-refractivity contribution in [3.8, 4) is 0 Å². The molecule has 0 aliphatic heterocycles. The van der Waals surface area contributed by atoms with Gasteiger partial charge in [0.05, 0.1) is 13.2 Å². The van der Waals surface area contributed by atoms with E-state index in [0.29, 0.717) is 32.5 Å². The third kappa shape index (κ3) is 33.0. The van der Waals surface area contributed by atoms with Gasteiger partial charge in [0.2, 0.25) is 0 Å². The van der Waals surface area contributed by atoms with Crippen LogP contribution in [-0.2, 0) is 19.1 Å². The Morgan fingerprint density at radius 2 is 0.564 bits per heavy atom. The van der Waals surface area contributed by atoms with Crippen molar-refractivity contribution >= 4 is 11.9 Å². The summed E-state index contributed by atoms with van der Waals surface area (Å²) >= 11 is 0. The molecular formula is C35H68O4. The van der Waals surface area contributed by atoms with E-state index in [4.69, 9.17) is 9.47 Å². The lowest BCUT2D eigenvalue weighted by atomic mass is 10.0. The van der Waals surface area contributed by atoms with Crippen LogP contribution in [0, 0.1) is 0 Å². The van der Waals surface area contributed by atoms with Gasteiger partial charge in [0, 0.05) is 12.8 Å². The Kier molecular flexibility index (Phi) is 32.2.